The minimum absolute atomic E-state index is 0.606. The Morgan fingerprint density at radius 1 is 0.929 bits per heavy atom. The lowest BCUT2D eigenvalue weighted by Crippen LogP contribution is -1.99. The second-order valence-corrected chi connectivity index (χ2v) is 4.88. The number of hydrogen-bond acceptors (Lipinski definition) is 1. The molecule has 1 saturated heterocycles. The SMILES string of the molecule is CC1CC/C=C/CCC2OC2CCC1. The molecule has 3 atom stereocenters. The summed E-state index contributed by atoms with van der Waals surface area (Å²) < 4.78 is 5.63. The maximum Gasteiger partial charge on any atom is 0.0844 e. The van der Waals surface area contributed by atoms with E-state index >= 15 is 0 Å². The fourth-order valence-corrected chi connectivity index (χ4v) is 2.38. The van der Waals surface area contributed by atoms with Gasteiger partial charge in [-0.05, 0) is 38.0 Å². The van der Waals surface area contributed by atoms with Crippen molar-refractivity contribution in [1.82, 2.24) is 0 Å². The monoisotopic (exact) mass is 194 g/mol. The van der Waals surface area contributed by atoms with Crippen molar-refractivity contribution in [1.29, 1.82) is 0 Å². The Morgan fingerprint density at radius 2 is 1.64 bits per heavy atom. The van der Waals surface area contributed by atoms with Gasteiger partial charge in [-0.2, -0.15) is 0 Å². The van der Waals surface area contributed by atoms with Gasteiger partial charge in [-0.15, -0.1) is 0 Å². The summed E-state index contributed by atoms with van der Waals surface area (Å²) in [5, 5.41) is 0. The molecule has 2 rings (SSSR count). The average Bonchev–Trinajstić information content (AvgIpc) is 2.88. The quantitative estimate of drug-likeness (QED) is 0.423. The molecular formula is C13H22O. The first-order valence-electron chi connectivity index (χ1n) is 6.16. The predicted molar refractivity (Wildman–Crippen MR) is 59.3 cm³/mol. The Kier molecular flexibility index (Phi) is 3.63. The summed E-state index contributed by atoms with van der Waals surface area (Å²) in [6.45, 7) is 2.38. The van der Waals surface area contributed by atoms with Crippen molar-refractivity contribution in [3.05, 3.63) is 12.2 Å². The van der Waals surface area contributed by atoms with E-state index in [1.807, 2.05) is 0 Å². The third-order valence-corrected chi connectivity index (χ3v) is 3.48. The van der Waals surface area contributed by atoms with Crippen LogP contribution in [-0.2, 0) is 4.74 Å². The molecule has 0 radical (unpaired) electrons. The van der Waals surface area contributed by atoms with Crippen LogP contribution in [0, 0.1) is 5.92 Å². The van der Waals surface area contributed by atoms with Crippen molar-refractivity contribution in [2.45, 2.75) is 64.1 Å². The maximum absolute atomic E-state index is 5.63. The summed E-state index contributed by atoms with van der Waals surface area (Å²) in [4.78, 5) is 0. The van der Waals surface area contributed by atoms with Crippen LogP contribution in [0.2, 0.25) is 0 Å². The highest BCUT2D eigenvalue weighted by atomic mass is 16.6. The van der Waals surface area contributed by atoms with Gasteiger partial charge in [0.05, 0.1) is 12.2 Å². The van der Waals surface area contributed by atoms with Gasteiger partial charge in [-0.1, -0.05) is 31.9 Å². The van der Waals surface area contributed by atoms with E-state index in [-0.39, 0.29) is 0 Å². The fraction of sp³-hybridized carbons (Fsp3) is 0.846. The van der Waals surface area contributed by atoms with Gasteiger partial charge in [0.15, 0.2) is 0 Å². The second kappa shape index (κ2) is 4.97. The van der Waals surface area contributed by atoms with Crippen LogP contribution in [0.3, 0.4) is 0 Å². The van der Waals surface area contributed by atoms with E-state index in [1.165, 1.54) is 44.9 Å². The van der Waals surface area contributed by atoms with E-state index in [2.05, 4.69) is 19.1 Å². The summed E-state index contributed by atoms with van der Waals surface area (Å²) in [6.07, 6.45) is 15.1. The van der Waals surface area contributed by atoms with E-state index in [1.54, 1.807) is 0 Å². The smallest absolute Gasteiger partial charge is 0.0844 e. The summed E-state index contributed by atoms with van der Waals surface area (Å²) in [6, 6.07) is 0. The molecule has 14 heavy (non-hydrogen) atoms. The predicted octanol–water partition coefficient (Wildman–Crippen LogP) is 3.69. The lowest BCUT2D eigenvalue weighted by molar-refractivity contribution is 0.348. The Balaban J connectivity index is 1.78. The standard InChI is InChI=1S/C13H22O/c1-11-7-4-2-3-5-9-12-13(14-12)10-6-8-11/h2-3,11-13H,4-10H2,1H3/b3-2+. The number of rotatable bonds is 0. The Hall–Kier alpha value is -0.300. The maximum atomic E-state index is 5.63. The van der Waals surface area contributed by atoms with Crippen molar-refractivity contribution >= 4 is 0 Å². The van der Waals surface area contributed by atoms with Gasteiger partial charge in [-0.3, -0.25) is 0 Å². The van der Waals surface area contributed by atoms with E-state index in [4.69, 9.17) is 4.74 Å². The van der Waals surface area contributed by atoms with Crippen LogP contribution in [-0.4, -0.2) is 12.2 Å². The number of ether oxygens (including phenoxy) is 1. The van der Waals surface area contributed by atoms with Crippen LogP contribution in [0.15, 0.2) is 12.2 Å². The lowest BCUT2D eigenvalue weighted by Gasteiger charge is -2.09. The van der Waals surface area contributed by atoms with E-state index in [0.717, 1.165) is 5.92 Å². The molecule has 0 amide bonds. The first-order chi connectivity index (χ1) is 6.86. The molecule has 80 valence electrons. The van der Waals surface area contributed by atoms with E-state index in [0.29, 0.717) is 12.2 Å². The van der Waals surface area contributed by atoms with E-state index in [9.17, 15) is 0 Å². The summed E-state index contributed by atoms with van der Waals surface area (Å²) >= 11 is 0. The topological polar surface area (TPSA) is 12.5 Å². The fourth-order valence-electron chi connectivity index (χ4n) is 2.38. The van der Waals surface area contributed by atoms with Gasteiger partial charge in [0.25, 0.3) is 0 Å². The van der Waals surface area contributed by atoms with Gasteiger partial charge < -0.3 is 4.74 Å². The van der Waals surface area contributed by atoms with Crippen LogP contribution in [0.1, 0.15) is 51.9 Å². The molecule has 0 spiro atoms. The molecule has 0 bridgehead atoms. The molecule has 1 heterocycles. The minimum atomic E-state index is 0.606. The lowest BCUT2D eigenvalue weighted by atomic mass is 9.96. The molecule has 1 aliphatic carbocycles. The molecule has 1 nitrogen and oxygen atoms in total. The number of epoxide rings is 1. The Morgan fingerprint density at radius 3 is 2.50 bits per heavy atom. The summed E-state index contributed by atoms with van der Waals surface area (Å²) in [5.41, 5.74) is 0. The highest BCUT2D eigenvalue weighted by Crippen LogP contribution is 2.32. The highest BCUT2D eigenvalue weighted by Gasteiger charge is 2.36. The number of hydrogen-bond donors (Lipinski definition) is 0. The van der Waals surface area contributed by atoms with Crippen LogP contribution in [0.25, 0.3) is 0 Å². The average molecular weight is 194 g/mol. The third-order valence-electron chi connectivity index (χ3n) is 3.48. The molecule has 1 aliphatic heterocycles. The number of allylic oxidation sites excluding steroid dienone is 2. The molecule has 0 aromatic heterocycles. The number of fused-ring (bicyclic) bond motifs is 1. The first kappa shape index (κ1) is 10.2. The highest BCUT2D eigenvalue weighted by molar-refractivity contribution is 4.90. The van der Waals surface area contributed by atoms with Crippen LogP contribution >= 0.6 is 0 Å². The zero-order valence-electron chi connectivity index (χ0n) is 9.24. The van der Waals surface area contributed by atoms with E-state index < -0.39 is 0 Å². The van der Waals surface area contributed by atoms with Crippen molar-refractivity contribution in [3.8, 4) is 0 Å². The molecule has 3 unspecified atom stereocenters. The van der Waals surface area contributed by atoms with Gasteiger partial charge in [0.1, 0.15) is 0 Å². The second-order valence-electron chi connectivity index (χ2n) is 4.88. The molecule has 0 aromatic carbocycles. The van der Waals surface area contributed by atoms with Crippen LogP contribution in [0.4, 0.5) is 0 Å². The Labute approximate surface area is 87.5 Å². The molecule has 2 aliphatic rings. The first-order valence-corrected chi connectivity index (χ1v) is 6.16. The zero-order valence-corrected chi connectivity index (χ0v) is 9.24. The molecule has 1 heteroatoms. The van der Waals surface area contributed by atoms with Gasteiger partial charge >= 0.3 is 0 Å². The van der Waals surface area contributed by atoms with Gasteiger partial charge in [-0.25, -0.2) is 0 Å². The van der Waals surface area contributed by atoms with Gasteiger partial charge in [0, 0.05) is 0 Å². The van der Waals surface area contributed by atoms with Gasteiger partial charge in [0.2, 0.25) is 0 Å². The molecular weight excluding hydrogens is 172 g/mol. The zero-order chi connectivity index (χ0) is 9.80. The van der Waals surface area contributed by atoms with Crippen molar-refractivity contribution in [2.75, 3.05) is 0 Å². The van der Waals surface area contributed by atoms with Crippen molar-refractivity contribution in [3.63, 3.8) is 0 Å². The van der Waals surface area contributed by atoms with Crippen LogP contribution < -0.4 is 0 Å². The van der Waals surface area contributed by atoms with Crippen molar-refractivity contribution in [2.24, 2.45) is 5.92 Å². The normalized spacial score (nSPS) is 41.6. The molecule has 0 N–H and O–H groups in total. The summed E-state index contributed by atoms with van der Waals surface area (Å²) in [7, 11) is 0. The minimum Gasteiger partial charge on any atom is -0.370 e. The largest absolute Gasteiger partial charge is 0.370 e. The molecule has 1 fully saturated rings. The third kappa shape index (κ3) is 3.13. The summed E-state index contributed by atoms with van der Waals surface area (Å²) in [5.74, 6) is 0.899. The van der Waals surface area contributed by atoms with Crippen molar-refractivity contribution < 1.29 is 4.74 Å². The molecule has 0 saturated carbocycles. The molecule has 0 aromatic rings. The van der Waals surface area contributed by atoms with Crippen LogP contribution in [0.5, 0.6) is 0 Å². The Bertz CT molecular complexity index is 193.